The maximum Gasteiger partial charge on any atom is 0.153 e. The third kappa shape index (κ3) is 1.85. The first-order valence-corrected chi connectivity index (χ1v) is 7.54. The molecule has 0 unspecified atom stereocenters. The summed E-state index contributed by atoms with van der Waals surface area (Å²) < 4.78 is 2.27. The molecule has 20 heavy (non-hydrogen) atoms. The molecular formula is C17H19N3. The summed E-state index contributed by atoms with van der Waals surface area (Å²) in [6.45, 7) is 2.26. The van der Waals surface area contributed by atoms with E-state index in [1.54, 1.807) is 0 Å². The highest BCUT2D eigenvalue weighted by molar-refractivity contribution is 5.85. The normalized spacial score (nSPS) is 16.7. The Kier molecular flexibility index (Phi) is 2.84. The van der Waals surface area contributed by atoms with Crippen LogP contribution in [-0.2, 0) is 0 Å². The standard InChI is InChI=1S/C17H19N3/c1-2-6-12-19(11-5-1)17-16-10-7-13-20(16)15-9-4-3-8-14(15)18-17/h3-4,7-10,13H,1-2,5-6,11-12H2. The van der Waals surface area contributed by atoms with Crippen molar-refractivity contribution in [1.82, 2.24) is 9.38 Å². The lowest BCUT2D eigenvalue weighted by Gasteiger charge is -2.23. The van der Waals surface area contributed by atoms with Gasteiger partial charge in [-0.05, 0) is 37.1 Å². The summed E-state index contributed by atoms with van der Waals surface area (Å²) in [5.41, 5.74) is 3.49. The van der Waals surface area contributed by atoms with Crippen LogP contribution in [0.3, 0.4) is 0 Å². The van der Waals surface area contributed by atoms with Gasteiger partial charge in [-0.25, -0.2) is 4.98 Å². The third-order valence-electron chi connectivity index (χ3n) is 4.25. The van der Waals surface area contributed by atoms with Crippen molar-refractivity contribution < 1.29 is 0 Å². The summed E-state index contributed by atoms with van der Waals surface area (Å²) in [6.07, 6.45) is 7.40. The number of rotatable bonds is 1. The zero-order chi connectivity index (χ0) is 13.4. The molecule has 0 bridgehead atoms. The highest BCUT2D eigenvalue weighted by Crippen LogP contribution is 2.27. The predicted octanol–water partition coefficient (Wildman–Crippen LogP) is 3.87. The molecule has 3 nitrogen and oxygen atoms in total. The van der Waals surface area contributed by atoms with Gasteiger partial charge in [0, 0.05) is 19.3 Å². The molecule has 3 heteroatoms. The molecule has 1 aromatic carbocycles. The zero-order valence-corrected chi connectivity index (χ0v) is 11.6. The van der Waals surface area contributed by atoms with Crippen molar-refractivity contribution in [2.75, 3.05) is 18.0 Å². The average molecular weight is 265 g/mol. The number of nitrogens with zero attached hydrogens (tertiary/aromatic N) is 3. The van der Waals surface area contributed by atoms with E-state index >= 15 is 0 Å². The first-order chi connectivity index (χ1) is 9.93. The van der Waals surface area contributed by atoms with E-state index in [9.17, 15) is 0 Å². The van der Waals surface area contributed by atoms with E-state index in [2.05, 4.69) is 51.9 Å². The molecule has 0 amide bonds. The number of hydrogen-bond donors (Lipinski definition) is 0. The fourth-order valence-electron chi connectivity index (χ4n) is 3.22. The second-order valence-corrected chi connectivity index (χ2v) is 5.59. The third-order valence-corrected chi connectivity index (χ3v) is 4.25. The summed E-state index contributed by atoms with van der Waals surface area (Å²) in [5.74, 6) is 1.15. The molecular weight excluding hydrogens is 246 g/mol. The Balaban J connectivity index is 1.94. The van der Waals surface area contributed by atoms with Gasteiger partial charge in [0.15, 0.2) is 5.82 Å². The number of aromatic nitrogens is 2. The number of benzene rings is 1. The maximum atomic E-state index is 4.95. The molecule has 3 aromatic rings. The van der Waals surface area contributed by atoms with Gasteiger partial charge in [0.2, 0.25) is 0 Å². The van der Waals surface area contributed by atoms with Crippen LogP contribution in [0, 0.1) is 0 Å². The van der Waals surface area contributed by atoms with Gasteiger partial charge in [-0.1, -0.05) is 25.0 Å². The van der Waals surface area contributed by atoms with Gasteiger partial charge in [-0.3, -0.25) is 0 Å². The van der Waals surface area contributed by atoms with Crippen LogP contribution in [0.4, 0.5) is 5.82 Å². The monoisotopic (exact) mass is 265 g/mol. The van der Waals surface area contributed by atoms with Crippen LogP contribution in [0.15, 0.2) is 42.6 Å². The summed E-state index contributed by atoms with van der Waals surface area (Å²) in [4.78, 5) is 7.41. The molecule has 1 fully saturated rings. The highest BCUT2D eigenvalue weighted by atomic mass is 15.2. The topological polar surface area (TPSA) is 20.5 Å². The van der Waals surface area contributed by atoms with E-state index in [-0.39, 0.29) is 0 Å². The number of anilines is 1. The molecule has 1 aliphatic heterocycles. The summed E-state index contributed by atoms with van der Waals surface area (Å²) >= 11 is 0. The Morgan fingerprint density at radius 2 is 1.55 bits per heavy atom. The van der Waals surface area contributed by atoms with Gasteiger partial charge in [0.25, 0.3) is 0 Å². The van der Waals surface area contributed by atoms with Crippen molar-refractivity contribution in [2.45, 2.75) is 25.7 Å². The van der Waals surface area contributed by atoms with Crippen molar-refractivity contribution >= 4 is 22.4 Å². The molecule has 1 aliphatic rings. The van der Waals surface area contributed by atoms with Crippen LogP contribution >= 0.6 is 0 Å². The Labute approximate surface area is 118 Å². The van der Waals surface area contributed by atoms with Gasteiger partial charge in [0.05, 0.1) is 16.6 Å². The van der Waals surface area contributed by atoms with Gasteiger partial charge in [0.1, 0.15) is 0 Å². The molecule has 0 radical (unpaired) electrons. The minimum absolute atomic E-state index is 1.08. The predicted molar refractivity (Wildman–Crippen MR) is 83.4 cm³/mol. The molecule has 0 saturated carbocycles. The molecule has 0 atom stereocenters. The van der Waals surface area contributed by atoms with Crippen LogP contribution in [0.2, 0.25) is 0 Å². The van der Waals surface area contributed by atoms with Crippen LogP contribution in [0.1, 0.15) is 25.7 Å². The molecule has 102 valence electrons. The molecule has 1 saturated heterocycles. The fraction of sp³-hybridized carbons (Fsp3) is 0.353. The summed E-state index contributed by atoms with van der Waals surface area (Å²) in [5, 5.41) is 0. The maximum absolute atomic E-state index is 4.95. The highest BCUT2D eigenvalue weighted by Gasteiger charge is 2.15. The summed E-state index contributed by atoms with van der Waals surface area (Å²) in [7, 11) is 0. The lowest BCUT2D eigenvalue weighted by Crippen LogP contribution is -2.25. The largest absolute Gasteiger partial charge is 0.355 e. The lowest BCUT2D eigenvalue weighted by atomic mass is 10.2. The molecule has 0 N–H and O–H groups in total. The van der Waals surface area contributed by atoms with Gasteiger partial charge < -0.3 is 9.30 Å². The SMILES string of the molecule is c1ccc2c(c1)nc(N1CCCCCC1)c1cccn12. The Morgan fingerprint density at radius 1 is 0.800 bits per heavy atom. The van der Waals surface area contributed by atoms with Gasteiger partial charge >= 0.3 is 0 Å². The first-order valence-electron chi connectivity index (χ1n) is 7.54. The molecule has 0 spiro atoms. The van der Waals surface area contributed by atoms with E-state index in [1.165, 1.54) is 36.7 Å². The van der Waals surface area contributed by atoms with Gasteiger partial charge in [-0.15, -0.1) is 0 Å². The summed E-state index contributed by atoms with van der Waals surface area (Å²) in [6, 6.07) is 12.7. The molecule has 4 rings (SSSR count). The lowest BCUT2D eigenvalue weighted by molar-refractivity contribution is 0.726. The van der Waals surface area contributed by atoms with Crippen molar-refractivity contribution in [1.29, 1.82) is 0 Å². The van der Waals surface area contributed by atoms with Crippen molar-refractivity contribution in [3.05, 3.63) is 42.6 Å². The Bertz CT molecular complexity index is 736. The van der Waals surface area contributed by atoms with E-state index < -0.39 is 0 Å². The second-order valence-electron chi connectivity index (χ2n) is 5.59. The number of fused-ring (bicyclic) bond motifs is 3. The molecule has 0 aliphatic carbocycles. The van der Waals surface area contributed by atoms with Crippen LogP contribution in [0.25, 0.3) is 16.6 Å². The Hall–Kier alpha value is -2.03. The average Bonchev–Trinajstić information content (AvgIpc) is 2.82. The minimum Gasteiger partial charge on any atom is -0.355 e. The van der Waals surface area contributed by atoms with E-state index in [4.69, 9.17) is 4.98 Å². The van der Waals surface area contributed by atoms with Crippen molar-refractivity contribution in [2.24, 2.45) is 0 Å². The fourth-order valence-corrected chi connectivity index (χ4v) is 3.22. The smallest absolute Gasteiger partial charge is 0.153 e. The van der Waals surface area contributed by atoms with Crippen molar-refractivity contribution in [3.63, 3.8) is 0 Å². The number of para-hydroxylation sites is 2. The van der Waals surface area contributed by atoms with Crippen LogP contribution in [-0.4, -0.2) is 22.5 Å². The second kappa shape index (κ2) is 4.82. The number of hydrogen-bond acceptors (Lipinski definition) is 2. The Morgan fingerprint density at radius 3 is 2.40 bits per heavy atom. The zero-order valence-electron chi connectivity index (χ0n) is 11.6. The van der Waals surface area contributed by atoms with E-state index in [0.717, 1.165) is 24.4 Å². The minimum atomic E-state index is 1.08. The first kappa shape index (κ1) is 11.8. The van der Waals surface area contributed by atoms with Crippen LogP contribution in [0.5, 0.6) is 0 Å². The molecule has 2 aromatic heterocycles. The van der Waals surface area contributed by atoms with Gasteiger partial charge in [-0.2, -0.15) is 0 Å². The van der Waals surface area contributed by atoms with E-state index in [1.807, 2.05) is 0 Å². The quantitative estimate of drug-likeness (QED) is 0.666. The van der Waals surface area contributed by atoms with Crippen LogP contribution < -0.4 is 4.90 Å². The molecule has 3 heterocycles. The van der Waals surface area contributed by atoms with Crippen molar-refractivity contribution in [3.8, 4) is 0 Å². The van der Waals surface area contributed by atoms with E-state index in [0.29, 0.717) is 0 Å².